The highest BCUT2D eigenvalue weighted by molar-refractivity contribution is 14.0. The van der Waals surface area contributed by atoms with Gasteiger partial charge in [-0.15, -0.1) is 24.0 Å². The molecule has 0 atom stereocenters. The summed E-state index contributed by atoms with van der Waals surface area (Å²) < 4.78 is 11.3. The highest BCUT2D eigenvalue weighted by Gasteiger charge is 2.20. The quantitative estimate of drug-likeness (QED) is 0.222. The van der Waals surface area contributed by atoms with E-state index in [1.54, 1.807) is 0 Å². The molecule has 7 heteroatoms. The minimum Gasteiger partial charge on any atom is -0.381 e. The van der Waals surface area contributed by atoms with Gasteiger partial charge in [-0.1, -0.05) is 30.3 Å². The number of nitrogens with one attached hydrogen (secondary N) is 2. The SMILES string of the molecule is CCNC(=NCCCOC1CCOCC1)NC1CCN(Cc2ccccc2)CC1.I. The van der Waals surface area contributed by atoms with E-state index < -0.39 is 0 Å². The zero-order chi connectivity index (χ0) is 20.2. The molecule has 0 aromatic heterocycles. The van der Waals surface area contributed by atoms with Crippen molar-refractivity contribution in [2.75, 3.05) is 46.0 Å². The Labute approximate surface area is 199 Å². The van der Waals surface area contributed by atoms with Gasteiger partial charge in [-0.2, -0.15) is 0 Å². The van der Waals surface area contributed by atoms with Crippen molar-refractivity contribution in [2.24, 2.45) is 4.99 Å². The Morgan fingerprint density at radius 1 is 1.13 bits per heavy atom. The number of aliphatic imine (C=N–C) groups is 1. The molecule has 2 aliphatic heterocycles. The van der Waals surface area contributed by atoms with Crippen LogP contribution in [0.25, 0.3) is 0 Å². The standard InChI is InChI=1S/C23H38N4O2.HI/c1-2-24-23(25-13-6-16-29-22-11-17-28-18-12-22)26-21-9-14-27(15-10-21)19-20-7-4-3-5-8-20;/h3-5,7-8,21-22H,2,6,9-19H2,1H3,(H2,24,25,26);1H. The number of likely N-dealkylation sites (tertiary alicyclic amines) is 1. The average molecular weight is 530 g/mol. The number of halogens is 1. The monoisotopic (exact) mass is 530 g/mol. The molecule has 0 bridgehead atoms. The van der Waals surface area contributed by atoms with Gasteiger partial charge in [0.1, 0.15) is 0 Å². The molecule has 2 saturated heterocycles. The molecule has 0 unspecified atom stereocenters. The van der Waals surface area contributed by atoms with E-state index in [4.69, 9.17) is 14.5 Å². The summed E-state index contributed by atoms with van der Waals surface area (Å²) in [5.41, 5.74) is 1.40. The Hall–Kier alpha value is -0.900. The third-order valence-corrected chi connectivity index (χ3v) is 5.62. The van der Waals surface area contributed by atoms with Crippen LogP contribution in [0.4, 0.5) is 0 Å². The van der Waals surface area contributed by atoms with Gasteiger partial charge >= 0.3 is 0 Å². The van der Waals surface area contributed by atoms with E-state index in [2.05, 4.69) is 52.8 Å². The second kappa shape index (κ2) is 15.0. The molecule has 2 fully saturated rings. The number of piperidine rings is 1. The van der Waals surface area contributed by atoms with Gasteiger partial charge in [-0.25, -0.2) is 0 Å². The molecule has 0 spiro atoms. The van der Waals surface area contributed by atoms with Crippen molar-refractivity contribution in [3.63, 3.8) is 0 Å². The lowest BCUT2D eigenvalue weighted by Gasteiger charge is -2.33. The Bertz CT molecular complexity index is 588. The predicted octanol–water partition coefficient (Wildman–Crippen LogP) is 3.41. The third-order valence-electron chi connectivity index (χ3n) is 5.62. The lowest BCUT2D eigenvalue weighted by atomic mass is 10.0. The summed E-state index contributed by atoms with van der Waals surface area (Å²) >= 11 is 0. The summed E-state index contributed by atoms with van der Waals surface area (Å²) in [5.74, 6) is 0.945. The number of nitrogens with zero attached hydrogens (tertiary/aromatic N) is 2. The Morgan fingerprint density at radius 2 is 1.87 bits per heavy atom. The zero-order valence-corrected chi connectivity index (χ0v) is 20.7. The number of rotatable bonds is 9. The molecule has 1 aromatic rings. The van der Waals surface area contributed by atoms with Gasteiger partial charge < -0.3 is 20.1 Å². The summed E-state index contributed by atoms with van der Waals surface area (Å²) in [6, 6.07) is 11.3. The first-order chi connectivity index (χ1) is 14.3. The van der Waals surface area contributed by atoms with Crippen LogP contribution in [0.3, 0.4) is 0 Å². The van der Waals surface area contributed by atoms with Gasteiger partial charge in [-0.05, 0) is 44.6 Å². The number of hydrogen-bond acceptors (Lipinski definition) is 4. The van der Waals surface area contributed by atoms with E-state index in [1.165, 1.54) is 5.56 Å². The molecule has 6 nitrogen and oxygen atoms in total. The van der Waals surface area contributed by atoms with Gasteiger partial charge in [0.2, 0.25) is 0 Å². The van der Waals surface area contributed by atoms with Crippen molar-refractivity contribution in [3.8, 4) is 0 Å². The van der Waals surface area contributed by atoms with Gasteiger partial charge in [0.05, 0.1) is 6.10 Å². The predicted molar refractivity (Wildman–Crippen MR) is 134 cm³/mol. The number of guanidine groups is 1. The highest BCUT2D eigenvalue weighted by Crippen LogP contribution is 2.14. The Balaban J connectivity index is 0.00000320. The first-order valence-electron chi connectivity index (χ1n) is 11.3. The normalized spacial score (nSPS) is 19.3. The van der Waals surface area contributed by atoms with Gasteiger partial charge in [0.25, 0.3) is 0 Å². The van der Waals surface area contributed by atoms with Crippen LogP contribution in [0.5, 0.6) is 0 Å². The average Bonchev–Trinajstić information content (AvgIpc) is 2.76. The summed E-state index contributed by atoms with van der Waals surface area (Å²) in [6.45, 7) is 9.57. The van der Waals surface area contributed by atoms with Crippen LogP contribution in [0.1, 0.15) is 44.6 Å². The number of ether oxygens (including phenoxy) is 2. The highest BCUT2D eigenvalue weighted by atomic mass is 127. The van der Waals surface area contributed by atoms with Crippen LogP contribution in [0.15, 0.2) is 35.3 Å². The molecule has 2 N–H and O–H groups in total. The maximum atomic E-state index is 5.94. The van der Waals surface area contributed by atoms with Gasteiger partial charge in [0, 0.05) is 58.6 Å². The minimum absolute atomic E-state index is 0. The summed E-state index contributed by atoms with van der Waals surface area (Å²) in [6.07, 6.45) is 5.70. The van der Waals surface area contributed by atoms with Crippen molar-refractivity contribution in [1.82, 2.24) is 15.5 Å². The molecule has 170 valence electrons. The van der Waals surface area contributed by atoms with Crippen LogP contribution in [0.2, 0.25) is 0 Å². The van der Waals surface area contributed by atoms with E-state index in [0.29, 0.717) is 12.1 Å². The zero-order valence-electron chi connectivity index (χ0n) is 18.4. The number of benzene rings is 1. The fourth-order valence-corrected chi connectivity index (χ4v) is 3.94. The molecule has 0 aliphatic carbocycles. The molecule has 0 saturated carbocycles. The summed E-state index contributed by atoms with van der Waals surface area (Å²) in [5, 5.41) is 7.03. The maximum Gasteiger partial charge on any atom is 0.191 e. The smallest absolute Gasteiger partial charge is 0.191 e. The molecule has 0 amide bonds. The van der Waals surface area contributed by atoms with Crippen molar-refractivity contribution in [3.05, 3.63) is 35.9 Å². The van der Waals surface area contributed by atoms with Crippen LogP contribution in [0, 0.1) is 0 Å². The van der Waals surface area contributed by atoms with Gasteiger partial charge in [0.15, 0.2) is 5.96 Å². The lowest BCUT2D eigenvalue weighted by molar-refractivity contribution is -0.0318. The number of hydrogen-bond donors (Lipinski definition) is 2. The Kier molecular flexibility index (Phi) is 12.7. The summed E-state index contributed by atoms with van der Waals surface area (Å²) in [7, 11) is 0. The fourth-order valence-electron chi connectivity index (χ4n) is 3.94. The second-order valence-electron chi connectivity index (χ2n) is 7.98. The first kappa shape index (κ1) is 25.4. The molecule has 3 rings (SSSR count). The van der Waals surface area contributed by atoms with E-state index in [9.17, 15) is 0 Å². The van der Waals surface area contributed by atoms with Crippen LogP contribution in [-0.4, -0.2) is 69.0 Å². The largest absolute Gasteiger partial charge is 0.381 e. The summed E-state index contributed by atoms with van der Waals surface area (Å²) in [4.78, 5) is 7.30. The molecule has 30 heavy (non-hydrogen) atoms. The minimum atomic E-state index is 0. The van der Waals surface area contributed by atoms with E-state index in [1.807, 2.05) is 0 Å². The van der Waals surface area contributed by atoms with Crippen molar-refractivity contribution in [1.29, 1.82) is 0 Å². The van der Waals surface area contributed by atoms with Crippen LogP contribution >= 0.6 is 24.0 Å². The second-order valence-corrected chi connectivity index (χ2v) is 7.98. The van der Waals surface area contributed by atoms with Crippen LogP contribution in [-0.2, 0) is 16.0 Å². The van der Waals surface area contributed by atoms with Crippen LogP contribution < -0.4 is 10.6 Å². The Morgan fingerprint density at radius 3 is 2.57 bits per heavy atom. The van der Waals surface area contributed by atoms with Crippen molar-refractivity contribution < 1.29 is 9.47 Å². The van der Waals surface area contributed by atoms with E-state index in [-0.39, 0.29) is 24.0 Å². The van der Waals surface area contributed by atoms with Gasteiger partial charge in [-0.3, -0.25) is 9.89 Å². The lowest BCUT2D eigenvalue weighted by Crippen LogP contribution is -2.48. The molecule has 2 aliphatic rings. The van der Waals surface area contributed by atoms with Crippen molar-refractivity contribution >= 4 is 29.9 Å². The third kappa shape index (κ3) is 9.49. The molecular weight excluding hydrogens is 491 g/mol. The van der Waals surface area contributed by atoms with Crippen molar-refractivity contribution in [2.45, 2.75) is 57.7 Å². The maximum absolute atomic E-state index is 5.94. The van der Waals surface area contributed by atoms with E-state index >= 15 is 0 Å². The van der Waals surface area contributed by atoms with E-state index in [0.717, 1.165) is 90.6 Å². The fraction of sp³-hybridized carbons (Fsp3) is 0.696. The molecule has 0 radical (unpaired) electrons. The first-order valence-corrected chi connectivity index (χ1v) is 11.3. The molecule has 2 heterocycles. The molecular formula is C23H39IN4O2. The topological polar surface area (TPSA) is 58.1 Å². The molecule has 1 aromatic carbocycles.